The van der Waals surface area contributed by atoms with Gasteiger partial charge >= 0.3 is 0 Å². The van der Waals surface area contributed by atoms with Crippen molar-refractivity contribution in [2.45, 2.75) is 13.8 Å². The second-order valence-corrected chi connectivity index (χ2v) is 6.71. The van der Waals surface area contributed by atoms with E-state index in [1.807, 2.05) is 50.2 Å². The highest BCUT2D eigenvalue weighted by atomic mass is 32.2. The van der Waals surface area contributed by atoms with Crippen molar-refractivity contribution in [3.8, 4) is 11.5 Å². The standard InChI is InChI=1S/C19H18N2O3S/c1-11-8-13(9-12(2)17(11)22)10-16-18(23)21-19(25-16)20-14-4-6-15(24-3)7-5-14/h4-10,22H,1-3H3,(H,20,21,23). The smallest absolute Gasteiger partial charge is 0.264 e. The fourth-order valence-corrected chi connectivity index (χ4v) is 3.32. The van der Waals surface area contributed by atoms with Gasteiger partial charge in [0.15, 0.2) is 5.17 Å². The van der Waals surface area contributed by atoms with Crippen LogP contribution in [0.2, 0.25) is 0 Å². The fraction of sp³-hybridized carbons (Fsp3) is 0.158. The van der Waals surface area contributed by atoms with Crippen LogP contribution in [0.4, 0.5) is 5.69 Å². The Morgan fingerprint density at radius 3 is 2.40 bits per heavy atom. The maximum atomic E-state index is 12.2. The number of aliphatic imine (C=N–C) groups is 1. The molecular weight excluding hydrogens is 336 g/mol. The number of thioether (sulfide) groups is 1. The number of aryl methyl sites for hydroxylation is 2. The van der Waals surface area contributed by atoms with Crippen molar-refractivity contribution in [2.75, 3.05) is 7.11 Å². The van der Waals surface area contributed by atoms with Gasteiger partial charge in [-0.25, -0.2) is 4.99 Å². The molecule has 0 aliphatic carbocycles. The highest BCUT2D eigenvalue weighted by molar-refractivity contribution is 8.18. The minimum absolute atomic E-state index is 0.180. The summed E-state index contributed by atoms with van der Waals surface area (Å²) in [5.74, 6) is 0.860. The van der Waals surface area contributed by atoms with E-state index in [0.717, 1.165) is 28.1 Å². The fourth-order valence-electron chi connectivity index (χ4n) is 2.48. The summed E-state index contributed by atoms with van der Waals surface area (Å²) >= 11 is 1.29. The number of hydrogen-bond donors (Lipinski definition) is 2. The van der Waals surface area contributed by atoms with Gasteiger partial charge < -0.3 is 15.2 Å². The molecule has 2 aromatic rings. The zero-order valence-corrected chi connectivity index (χ0v) is 15.0. The lowest BCUT2D eigenvalue weighted by Gasteiger charge is -2.05. The number of amidine groups is 1. The molecule has 1 heterocycles. The van der Waals surface area contributed by atoms with E-state index in [-0.39, 0.29) is 11.7 Å². The third-order valence-electron chi connectivity index (χ3n) is 3.77. The molecule has 1 fully saturated rings. The lowest BCUT2D eigenvalue weighted by Crippen LogP contribution is -2.19. The van der Waals surface area contributed by atoms with Crippen LogP contribution in [-0.4, -0.2) is 23.3 Å². The Hall–Kier alpha value is -2.73. The summed E-state index contributed by atoms with van der Waals surface area (Å²) in [4.78, 5) is 17.2. The van der Waals surface area contributed by atoms with Gasteiger partial charge in [-0.05, 0) is 84.8 Å². The van der Waals surface area contributed by atoms with Crippen molar-refractivity contribution in [1.82, 2.24) is 5.32 Å². The second-order valence-electron chi connectivity index (χ2n) is 5.68. The largest absolute Gasteiger partial charge is 0.507 e. The van der Waals surface area contributed by atoms with Crippen molar-refractivity contribution < 1.29 is 14.6 Å². The van der Waals surface area contributed by atoms with Crippen LogP contribution in [0.15, 0.2) is 46.3 Å². The molecule has 1 aliphatic heterocycles. The van der Waals surface area contributed by atoms with Crippen LogP contribution in [0, 0.1) is 13.8 Å². The summed E-state index contributed by atoms with van der Waals surface area (Å²) in [6.45, 7) is 3.67. The number of phenolic OH excluding ortho intramolecular Hbond substituents is 1. The summed E-state index contributed by atoms with van der Waals surface area (Å²) in [5.41, 5.74) is 3.17. The number of amides is 1. The number of methoxy groups -OCH3 is 1. The van der Waals surface area contributed by atoms with Crippen molar-refractivity contribution in [3.63, 3.8) is 0 Å². The minimum atomic E-state index is -0.180. The molecule has 5 nitrogen and oxygen atoms in total. The molecule has 0 bridgehead atoms. The monoisotopic (exact) mass is 354 g/mol. The van der Waals surface area contributed by atoms with E-state index in [2.05, 4.69) is 10.3 Å². The molecule has 2 aromatic carbocycles. The quantitative estimate of drug-likeness (QED) is 0.820. The van der Waals surface area contributed by atoms with Crippen LogP contribution in [0.3, 0.4) is 0 Å². The first kappa shape index (κ1) is 17.1. The third-order valence-corrected chi connectivity index (χ3v) is 4.67. The summed E-state index contributed by atoms with van der Waals surface area (Å²) in [7, 11) is 1.61. The molecule has 1 amide bonds. The molecule has 25 heavy (non-hydrogen) atoms. The molecule has 1 aliphatic rings. The molecule has 3 rings (SSSR count). The Morgan fingerprint density at radius 1 is 1.16 bits per heavy atom. The van der Waals surface area contributed by atoms with Crippen LogP contribution in [0.25, 0.3) is 6.08 Å². The first-order chi connectivity index (χ1) is 12.0. The lowest BCUT2D eigenvalue weighted by molar-refractivity contribution is -0.115. The summed E-state index contributed by atoms with van der Waals surface area (Å²) in [6.07, 6.45) is 1.80. The number of aromatic hydroxyl groups is 1. The van der Waals surface area contributed by atoms with E-state index >= 15 is 0 Å². The van der Waals surface area contributed by atoms with Crippen molar-refractivity contribution in [3.05, 3.63) is 58.0 Å². The number of hydrogen-bond acceptors (Lipinski definition) is 5. The van der Waals surface area contributed by atoms with E-state index in [4.69, 9.17) is 4.74 Å². The molecule has 0 atom stereocenters. The van der Waals surface area contributed by atoms with Gasteiger partial charge in [0.25, 0.3) is 5.91 Å². The molecule has 0 spiro atoms. The molecule has 0 saturated carbocycles. The SMILES string of the molecule is COc1ccc(N=C2NC(=O)C(=Cc3cc(C)c(O)c(C)c3)S2)cc1. The van der Waals surface area contributed by atoms with Crippen molar-refractivity contribution >= 4 is 34.6 Å². The summed E-state index contributed by atoms with van der Waals surface area (Å²) < 4.78 is 5.12. The molecule has 0 unspecified atom stereocenters. The van der Waals surface area contributed by atoms with Crippen LogP contribution < -0.4 is 10.1 Å². The van der Waals surface area contributed by atoms with Gasteiger partial charge in [0.05, 0.1) is 17.7 Å². The minimum Gasteiger partial charge on any atom is -0.507 e. The number of carbonyl (C=O) groups is 1. The Balaban J connectivity index is 1.83. The van der Waals surface area contributed by atoms with Crippen LogP contribution in [0.1, 0.15) is 16.7 Å². The zero-order chi connectivity index (χ0) is 18.0. The summed E-state index contributed by atoms with van der Waals surface area (Å²) in [6, 6.07) is 11.0. The van der Waals surface area contributed by atoms with Gasteiger partial charge in [-0.3, -0.25) is 4.79 Å². The third kappa shape index (κ3) is 3.85. The van der Waals surface area contributed by atoms with Gasteiger partial charge in [0.1, 0.15) is 11.5 Å². The molecule has 0 aromatic heterocycles. The number of carbonyl (C=O) groups excluding carboxylic acids is 1. The summed E-state index contributed by atoms with van der Waals surface area (Å²) in [5, 5.41) is 13.2. The average Bonchev–Trinajstić information content (AvgIpc) is 2.92. The predicted octanol–water partition coefficient (Wildman–Crippen LogP) is 3.91. The predicted molar refractivity (Wildman–Crippen MR) is 101 cm³/mol. The molecular formula is C19H18N2O3S. The van der Waals surface area contributed by atoms with E-state index in [9.17, 15) is 9.90 Å². The van der Waals surface area contributed by atoms with E-state index in [1.165, 1.54) is 11.8 Å². The Bertz CT molecular complexity index is 863. The normalized spacial score (nSPS) is 17.2. The number of rotatable bonds is 3. The zero-order valence-electron chi connectivity index (χ0n) is 14.2. The number of ether oxygens (including phenoxy) is 1. The average molecular weight is 354 g/mol. The molecule has 2 N–H and O–H groups in total. The maximum absolute atomic E-state index is 12.2. The van der Waals surface area contributed by atoms with Gasteiger partial charge in [-0.15, -0.1) is 0 Å². The Kier molecular flexibility index (Phi) is 4.81. The number of nitrogens with zero attached hydrogens (tertiary/aromatic N) is 1. The van der Waals surface area contributed by atoms with Crippen LogP contribution in [-0.2, 0) is 4.79 Å². The number of benzene rings is 2. The van der Waals surface area contributed by atoms with Gasteiger partial charge in [-0.2, -0.15) is 0 Å². The first-order valence-corrected chi connectivity index (χ1v) is 8.52. The molecule has 0 radical (unpaired) electrons. The van der Waals surface area contributed by atoms with E-state index in [0.29, 0.717) is 10.1 Å². The van der Waals surface area contributed by atoms with Gasteiger partial charge in [0.2, 0.25) is 0 Å². The van der Waals surface area contributed by atoms with Crippen molar-refractivity contribution in [1.29, 1.82) is 0 Å². The lowest BCUT2D eigenvalue weighted by atomic mass is 10.1. The Labute approximate surface area is 150 Å². The molecule has 1 saturated heterocycles. The number of phenols is 1. The second kappa shape index (κ2) is 7.03. The topological polar surface area (TPSA) is 70.9 Å². The number of nitrogens with one attached hydrogen (secondary N) is 1. The molecule has 6 heteroatoms. The van der Waals surface area contributed by atoms with Gasteiger partial charge in [0, 0.05) is 0 Å². The van der Waals surface area contributed by atoms with Crippen LogP contribution >= 0.6 is 11.8 Å². The van der Waals surface area contributed by atoms with Gasteiger partial charge in [-0.1, -0.05) is 0 Å². The molecule has 128 valence electrons. The van der Waals surface area contributed by atoms with Crippen molar-refractivity contribution in [2.24, 2.45) is 4.99 Å². The van der Waals surface area contributed by atoms with E-state index in [1.54, 1.807) is 13.2 Å². The Morgan fingerprint density at radius 2 is 1.80 bits per heavy atom. The highest BCUT2D eigenvalue weighted by Crippen LogP contribution is 2.30. The maximum Gasteiger partial charge on any atom is 0.264 e. The van der Waals surface area contributed by atoms with E-state index < -0.39 is 0 Å². The highest BCUT2D eigenvalue weighted by Gasteiger charge is 2.23. The van der Waals surface area contributed by atoms with Crippen LogP contribution in [0.5, 0.6) is 11.5 Å². The first-order valence-electron chi connectivity index (χ1n) is 7.70.